The molecular formula is C28H26O3. The number of carbonyl (C=O) groups is 2. The number of benzene rings is 3. The fourth-order valence-electron chi connectivity index (χ4n) is 4.66. The fraction of sp³-hybridized carbons (Fsp3) is 0.214. The zero-order chi connectivity index (χ0) is 21.6. The van der Waals surface area contributed by atoms with Gasteiger partial charge in [0.2, 0.25) is 0 Å². The Bertz CT molecular complexity index is 1040. The van der Waals surface area contributed by atoms with Gasteiger partial charge < -0.3 is 9.53 Å². The number of carbonyl (C=O) groups excluding carboxylic acids is 2. The van der Waals surface area contributed by atoms with Gasteiger partial charge in [-0.05, 0) is 34.7 Å². The van der Waals surface area contributed by atoms with Crippen molar-refractivity contribution in [3.8, 4) is 5.75 Å². The maximum absolute atomic E-state index is 13.4. The molecule has 3 aromatic rings. The molecular weight excluding hydrogens is 384 g/mol. The van der Waals surface area contributed by atoms with Crippen LogP contribution in [-0.4, -0.2) is 19.2 Å². The summed E-state index contributed by atoms with van der Waals surface area (Å²) in [6, 6.07) is 27.6. The third-order valence-electron chi connectivity index (χ3n) is 6.20. The van der Waals surface area contributed by atoms with Crippen molar-refractivity contribution in [2.24, 2.45) is 11.8 Å². The van der Waals surface area contributed by atoms with Crippen LogP contribution in [0.5, 0.6) is 5.75 Å². The number of aldehydes is 1. The van der Waals surface area contributed by atoms with Gasteiger partial charge in [-0.25, -0.2) is 0 Å². The number of Topliss-reactive ketones (excluding diaryl/α,β-unsaturated/α-hetero) is 1. The normalized spacial score (nSPS) is 23.6. The van der Waals surface area contributed by atoms with Crippen LogP contribution in [0, 0.1) is 11.8 Å². The lowest BCUT2D eigenvalue weighted by Crippen LogP contribution is -2.38. The second-order valence-electron chi connectivity index (χ2n) is 8.00. The number of hydrogen-bond donors (Lipinski definition) is 0. The summed E-state index contributed by atoms with van der Waals surface area (Å²) in [5.41, 5.74) is 3.01. The largest absolute Gasteiger partial charge is 0.497 e. The van der Waals surface area contributed by atoms with Gasteiger partial charge in [0.1, 0.15) is 17.8 Å². The second-order valence-corrected chi connectivity index (χ2v) is 8.00. The molecule has 0 amide bonds. The van der Waals surface area contributed by atoms with Gasteiger partial charge >= 0.3 is 0 Å². The molecule has 4 atom stereocenters. The molecule has 3 aromatic carbocycles. The lowest BCUT2D eigenvalue weighted by molar-refractivity contribution is -0.126. The number of hydrogen-bond acceptors (Lipinski definition) is 3. The summed E-state index contributed by atoms with van der Waals surface area (Å²) in [6.07, 6.45) is 5.45. The third kappa shape index (κ3) is 4.51. The van der Waals surface area contributed by atoms with Crippen molar-refractivity contribution < 1.29 is 14.3 Å². The van der Waals surface area contributed by atoms with Crippen molar-refractivity contribution in [1.82, 2.24) is 0 Å². The molecule has 0 radical (unpaired) electrons. The first kappa shape index (κ1) is 20.8. The Hall–Kier alpha value is -3.46. The van der Waals surface area contributed by atoms with Crippen LogP contribution < -0.4 is 4.74 Å². The Morgan fingerprint density at radius 2 is 1.48 bits per heavy atom. The van der Waals surface area contributed by atoms with Crippen LogP contribution in [0.3, 0.4) is 0 Å². The summed E-state index contributed by atoms with van der Waals surface area (Å²) in [6.45, 7) is 0. The Balaban J connectivity index is 1.73. The number of ketones is 1. The quantitative estimate of drug-likeness (QED) is 0.491. The van der Waals surface area contributed by atoms with E-state index in [1.54, 1.807) is 7.11 Å². The molecule has 0 heterocycles. The molecule has 0 aliphatic heterocycles. The van der Waals surface area contributed by atoms with Gasteiger partial charge in [-0.3, -0.25) is 4.79 Å². The van der Waals surface area contributed by atoms with E-state index in [4.69, 9.17) is 4.74 Å². The minimum Gasteiger partial charge on any atom is -0.497 e. The molecule has 0 aromatic heterocycles. The van der Waals surface area contributed by atoms with E-state index < -0.39 is 0 Å². The first-order valence-corrected chi connectivity index (χ1v) is 10.6. The van der Waals surface area contributed by atoms with Gasteiger partial charge in [0.15, 0.2) is 0 Å². The molecule has 1 saturated carbocycles. The second kappa shape index (κ2) is 9.57. The minimum atomic E-state index is -0.357. The Morgan fingerprint density at radius 3 is 2.10 bits per heavy atom. The van der Waals surface area contributed by atoms with Crippen LogP contribution in [0.1, 0.15) is 34.9 Å². The molecule has 0 bridgehead atoms. The highest BCUT2D eigenvalue weighted by molar-refractivity contribution is 5.90. The van der Waals surface area contributed by atoms with E-state index in [0.717, 1.165) is 28.7 Å². The van der Waals surface area contributed by atoms with Gasteiger partial charge in [0.05, 0.1) is 13.0 Å². The smallest absolute Gasteiger partial charge is 0.141 e. The zero-order valence-electron chi connectivity index (χ0n) is 17.6. The molecule has 156 valence electrons. The fourth-order valence-corrected chi connectivity index (χ4v) is 4.66. The van der Waals surface area contributed by atoms with E-state index >= 15 is 0 Å². The molecule has 4 rings (SSSR count). The topological polar surface area (TPSA) is 43.4 Å². The monoisotopic (exact) mass is 410 g/mol. The van der Waals surface area contributed by atoms with Crippen molar-refractivity contribution in [1.29, 1.82) is 0 Å². The molecule has 31 heavy (non-hydrogen) atoms. The zero-order valence-corrected chi connectivity index (χ0v) is 17.6. The van der Waals surface area contributed by atoms with Crippen molar-refractivity contribution in [3.63, 3.8) is 0 Å². The maximum Gasteiger partial charge on any atom is 0.141 e. The predicted octanol–water partition coefficient (Wildman–Crippen LogP) is 5.68. The summed E-state index contributed by atoms with van der Waals surface area (Å²) < 4.78 is 5.28. The van der Waals surface area contributed by atoms with E-state index in [1.807, 2.05) is 97.1 Å². The average molecular weight is 411 g/mol. The van der Waals surface area contributed by atoms with E-state index in [1.165, 1.54) is 0 Å². The van der Waals surface area contributed by atoms with Crippen LogP contribution in [0.15, 0.2) is 91.0 Å². The number of ether oxygens (including phenoxy) is 1. The molecule has 0 N–H and O–H groups in total. The highest BCUT2D eigenvalue weighted by Gasteiger charge is 2.44. The van der Waals surface area contributed by atoms with Gasteiger partial charge in [0, 0.05) is 18.3 Å². The number of allylic oxidation sites excluding steroid dienone is 1. The summed E-state index contributed by atoms with van der Waals surface area (Å²) in [7, 11) is 1.62. The van der Waals surface area contributed by atoms with Gasteiger partial charge in [0.25, 0.3) is 0 Å². The molecule has 3 heteroatoms. The molecule has 0 saturated heterocycles. The van der Waals surface area contributed by atoms with E-state index in [0.29, 0.717) is 6.42 Å². The lowest BCUT2D eigenvalue weighted by Gasteiger charge is -2.39. The molecule has 3 nitrogen and oxygen atoms in total. The average Bonchev–Trinajstić information content (AvgIpc) is 2.83. The minimum absolute atomic E-state index is 0.134. The predicted molar refractivity (Wildman–Crippen MR) is 123 cm³/mol. The van der Waals surface area contributed by atoms with Crippen LogP contribution in [0.2, 0.25) is 0 Å². The third-order valence-corrected chi connectivity index (χ3v) is 6.20. The Labute approximate surface area is 183 Å². The van der Waals surface area contributed by atoms with E-state index in [9.17, 15) is 9.59 Å². The summed E-state index contributed by atoms with van der Waals surface area (Å²) in [5.74, 6) is -0.0700. The molecule has 1 fully saturated rings. The van der Waals surface area contributed by atoms with Crippen LogP contribution in [0.4, 0.5) is 0 Å². The standard InChI is InChI=1S/C28H26O3/c1-31-24-16-14-22(15-17-24)28-26(30)18-23(13-12-20-8-4-2-5-9-20)25(19-29)27(28)21-10-6-3-7-11-21/h2-17,19,23,25,27-28H,18H2,1H3/b13-12+/t23-,25+,27-,28-/m1/s1. The van der Waals surface area contributed by atoms with Crippen molar-refractivity contribution in [3.05, 3.63) is 108 Å². The van der Waals surface area contributed by atoms with E-state index in [-0.39, 0.29) is 29.5 Å². The molecule has 1 aliphatic carbocycles. The van der Waals surface area contributed by atoms with Crippen LogP contribution in [0.25, 0.3) is 6.08 Å². The highest BCUT2D eigenvalue weighted by Crippen LogP contribution is 2.48. The Morgan fingerprint density at radius 1 is 0.839 bits per heavy atom. The van der Waals surface area contributed by atoms with Gasteiger partial charge in [-0.15, -0.1) is 0 Å². The number of rotatable bonds is 6. The summed E-state index contributed by atoms with van der Waals surface area (Å²) >= 11 is 0. The first-order valence-electron chi connectivity index (χ1n) is 10.6. The van der Waals surface area contributed by atoms with Gasteiger partial charge in [-0.2, -0.15) is 0 Å². The van der Waals surface area contributed by atoms with E-state index in [2.05, 4.69) is 0 Å². The maximum atomic E-state index is 13.4. The SMILES string of the molecule is COc1ccc([C@@H]2C(=O)C[C@@H](/C=C/c3ccccc3)[C@H](C=O)[C@H]2c2ccccc2)cc1. The first-order chi connectivity index (χ1) is 15.2. The molecule has 0 spiro atoms. The highest BCUT2D eigenvalue weighted by atomic mass is 16.5. The summed E-state index contributed by atoms with van der Waals surface area (Å²) in [4.78, 5) is 25.8. The molecule has 1 aliphatic rings. The van der Waals surface area contributed by atoms with Gasteiger partial charge in [-0.1, -0.05) is 84.9 Å². The van der Waals surface area contributed by atoms with Crippen molar-refractivity contribution >= 4 is 18.1 Å². The summed E-state index contributed by atoms with van der Waals surface area (Å²) in [5, 5.41) is 0. The van der Waals surface area contributed by atoms with Crippen LogP contribution >= 0.6 is 0 Å². The lowest BCUT2D eigenvalue weighted by atomic mass is 9.62. The van der Waals surface area contributed by atoms with Crippen molar-refractivity contribution in [2.45, 2.75) is 18.3 Å². The Kier molecular flexibility index (Phi) is 6.42. The molecule has 0 unspecified atom stereocenters. The van der Waals surface area contributed by atoms with Crippen molar-refractivity contribution in [2.75, 3.05) is 7.11 Å². The van der Waals surface area contributed by atoms with Crippen LogP contribution in [-0.2, 0) is 9.59 Å². The number of methoxy groups -OCH3 is 1.